The molecule has 0 amide bonds. The summed E-state index contributed by atoms with van der Waals surface area (Å²) in [5.41, 5.74) is 7.81. The zero-order chi connectivity index (χ0) is 14.2. The van der Waals surface area contributed by atoms with Gasteiger partial charge in [0, 0.05) is 6.54 Å². The number of hydrogen-bond donors (Lipinski definition) is 2. The number of benzene rings is 1. The van der Waals surface area contributed by atoms with Crippen LogP contribution in [0.5, 0.6) is 0 Å². The first-order valence-corrected chi connectivity index (χ1v) is 8.16. The maximum absolute atomic E-state index is 12.4. The minimum absolute atomic E-state index is 0.232. The molecule has 2 rings (SSSR count). The highest BCUT2D eigenvalue weighted by Crippen LogP contribution is 2.36. The predicted molar refractivity (Wildman–Crippen MR) is 77.4 cm³/mol. The van der Waals surface area contributed by atoms with Crippen LogP contribution < -0.4 is 10.5 Å². The van der Waals surface area contributed by atoms with Gasteiger partial charge in [0.15, 0.2) is 0 Å². The lowest BCUT2D eigenvalue weighted by Gasteiger charge is -2.16. The summed E-state index contributed by atoms with van der Waals surface area (Å²) >= 11 is 0. The molecule has 1 unspecified atom stereocenters. The standard InChI is InChI=1S/C14H22N2O2S/c1-9-4-7-13(15)14(11(9)3)19(17,18)16-8-10(2)12-5-6-12/h4,7,10,12,16H,5-6,8,15H2,1-3H3. The smallest absolute Gasteiger partial charge is 0.242 e. The van der Waals surface area contributed by atoms with E-state index in [1.807, 2.05) is 13.0 Å². The fraction of sp³-hybridized carbons (Fsp3) is 0.571. The fourth-order valence-electron chi connectivity index (χ4n) is 2.31. The van der Waals surface area contributed by atoms with Crippen molar-refractivity contribution >= 4 is 15.7 Å². The Balaban J connectivity index is 2.21. The molecule has 1 aromatic rings. The second kappa shape index (κ2) is 5.13. The number of nitrogens with one attached hydrogen (secondary N) is 1. The topological polar surface area (TPSA) is 72.2 Å². The van der Waals surface area contributed by atoms with Crippen LogP contribution in [0.15, 0.2) is 17.0 Å². The Morgan fingerprint density at radius 1 is 1.37 bits per heavy atom. The number of nitrogens with two attached hydrogens (primary N) is 1. The van der Waals surface area contributed by atoms with Gasteiger partial charge in [-0.1, -0.05) is 13.0 Å². The van der Waals surface area contributed by atoms with Gasteiger partial charge in [0.05, 0.1) is 5.69 Å². The van der Waals surface area contributed by atoms with Gasteiger partial charge in [0.1, 0.15) is 4.90 Å². The van der Waals surface area contributed by atoms with Crippen molar-refractivity contribution in [2.75, 3.05) is 12.3 Å². The van der Waals surface area contributed by atoms with E-state index in [1.165, 1.54) is 12.8 Å². The van der Waals surface area contributed by atoms with Crippen LogP contribution in [0.2, 0.25) is 0 Å². The molecule has 1 atom stereocenters. The minimum atomic E-state index is -3.52. The van der Waals surface area contributed by atoms with Crippen LogP contribution >= 0.6 is 0 Å². The molecule has 0 spiro atoms. The van der Waals surface area contributed by atoms with Crippen LogP contribution in [0.3, 0.4) is 0 Å². The molecule has 0 aromatic heterocycles. The molecule has 5 heteroatoms. The van der Waals surface area contributed by atoms with Gasteiger partial charge in [-0.3, -0.25) is 0 Å². The molecule has 0 saturated heterocycles. The Bertz CT molecular complexity index is 577. The Labute approximate surface area is 115 Å². The summed E-state index contributed by atoms with van der Waals surface area (Å²) < 4.78 is 27.5. The highest BCUT2D eigenvalue weighted by atomic mass is 32.2. The predicted octanol–water partition coefficient (Wildman–Crippen LogP) is 2.21. The Morgan fingerprint density at radius 2 is 2.00 bits per heavy atom. The van der Waals surface area contributed by atoms with E-state index in [4.69, 9.17) is 5.73 Å². The molecule has 3 N–H and O–H groups in total. The lowest BCUT2D eigenvalue weighted by Crippen LogP contribution is -2.30. The molecule has 1 saturated carbocycles. The van der Waals surface area contributed by atoms with E-state index in [-0.39, 0.29) is 4.90 Å². The third-order valence-corrected chi connectivity index (χ3v) is 5.62. The zero-order valence-electron chi connectivity index (χ0n) is 11.7. The molecular weight excluding hydrogens is 260 g/mol. The summed E-state index contributed by atoms with van der Waals surface area (Å²) in [4.78, 5) is 0.232. The van der Waals surface area contributed by atoms with Crippen molar-refractivity contribution < 1.29 is 8.42 Å². The summed E-state index contributed by atoms with van der Waals surface area (Å²) in [5, 5.41) is 0. The van der Waals surface area contributed by atoms with E-state index in [1.54, 1.807) is 13.0 Å². The largest absolute Gasteiger partial charge is 0.398 e. The van der Waals surface area contributed by atoms with Crippen molar-refractivity contribution in [3.05, 3.63) is 23.3 Å². The van der Waals surface area contributed by atoms with Crippen molar-refractivity contribution in [2.24, 2.45) is 11.8 Å². The summed E-state index contributed by atoms with van der Waals surface area (Å²) in [6.07, 6.45) is 2.43. The number of rotatable bonds is 5. The normalized spacial score (nSPS) is 17.4. The average Bonchev–Trinajstić information content (AvgIpc) is 3.15. The number of anilines is 1. The van der Waals surface area contributed by atoms with Gasteiger partial charge in [0.25, 0.3) is 0 Å². The van der Waals surface area contributed by atoms with Crippen LogP contribution in [0.4, 0.5) is 5.69 Å². The third-order valence-electron chi connectivity index (χ3n) is 4.00. The maximum Gasteiger partial charge on any atom is 0.242 e. The monoisotopic (exact) mass is 282 g/mol. The Hall–Kier alpha value is -1.07. The van der Waals surface area contributed by atoms with E-state index in [0.717, 1.165) is 11.1 Å². The molecule has 1 aliphatic rings. The molecule has 0 bridgehead atoms. The van der Waals surface area contributed by atoms with Crippen molar-refractivity contribution in [1.82, 2.24) is 4.72 Å². The van der Waals surface area contributed by atoms with Crippen molar-refractivity contribution in [2.45, 2.75) is 38.5 Å². The lowest BCUT2D eigenvalue weighted by molar-refractivity contribution is 0.492. The van der Waals surface area contributed by atoms with Gasteiger partial charge in [-0.2, -0.15) is 0 Å². The van der Waals surface area contributed by atoms with E-state index < -0.39 is 10.0 Å². The van der Waals surface area contributed by atoms with Crippen LogP contribution in [-0.4, -0.2) is 15.0 Å². The van der Waals surface area contributed by atoms with Crippen LogP contribution in [0.25, 0.3) is 0 Å². The molecule has 0 heterocycles. The number of hydrogen-bond acceptors (Lipinski definition) is 3. The average molecular weight is 282 g/mol. The molecule has 0 aliphatic heterocycles. The first-order chi connectivity index (χ1) is 8.83. The molecule has 19 heavy (non-hydrogen) atoms. The SMILES string of the molecule is Cc1ccc(N)c(S(=O)(=O)NCC(C)C2CC2)c1C. The lowest BCUT2D eigenvalue weighted by atomic mass is 10.1. The molecule has 0 radical (unpaired) electrons. The quantitative estimate of drug-likeness (QED) is 0.813. The zero-order valence-corrected chi connectivity index (χ0v) is 12.5. The van der Waals surface area contributed by atoms with Gasteiger partial charge in [0.2, 0.25) is 10.0 Å². The highest BCUT2D eigenvalue weighted by Gasteiger charge is 2.29. The number of sulfonamides is 1. The maximum atomic E-state index is 12.4. The number of nitrogen functional groups attached to an aromatic ring is 1. The first-order valence-electron chi connectivity index (χ1n) is 6.68. The molecule has 1 aliphatic carbocycles. The Morgan fingerprint density at radius 3 is 2.58 bits per heavy atom. The summed E-state index contributed by atoms with van der Waals surface area (Å²) in [6.45, 7) is 6.26. The van der Waals surface area contributed by atoms with Crippen LogP contribution in [-0.2, 0) is 10.0 Å². The molecular formula is C14H22N2O2S. The summed E-state index contributed by atoms with van der Waals surface area (Å²) in [5.74, 6) is 1.07. The van der Waals surface area contributed by atoms with E-state index in [2.05, 4.69) is 11.6 Å². The van der Waals surface area contributed by atoms with E-state index in [0.29, 0.717) is 24.1 Å². The van der Waals surface area contributed by atoms with Crippen molar-refractivity contribution in [1.29, 1.82) is 0 Å². The van der Waals surface area contributed by atoms with Crippen molar-refractivity contribution in [3.63, 3.8) is 0 Å². The Kier molecular flexibility index (Phi) is 3.87. The summed E-state index contributed by atoms with van der Waals surface area (Å²) in [6, 6.07) is 3.50. The highest BCUT2D eigenvalue weighted by molar-refractivity contribution is 7.89. The van der Waals surface area contributed by atoms with Crippen LogP contribution in [0, 0.1) is 25.7 Å². The van der Waals surface area contributed by atoms with Crippen molar-refractivity contribution in [3.8, 4) is 0 Å². The molecule has 1 fully saturated rings. The number of aryl methyl sites for hydroxylation is 1. The third kappa shape index (κ3) is 3.09. The summed E-state index contributed by atoms with van der Waals surface area (Å²) in [7, 11) is -3.52. The van der Waals surface area contributed by atoms with E-state index >= 15 is 0 Å². The van der Waals surface area contributed by atoms with Crippen LogP contribution in [0.1, 0.15) is 30.9 Å². The first kappa shape index (κ1) is 14.3. The van der Waals surface area contributed by atoms with Gasteiger partial charge >= 0.3 is 0 Å². The van der Waals surface area contributed by atoms with E-state index in [9.17, 15) is 8.42 Å². The van der Waals surface area contributed by atoms with Gasteiger partial charge in [-0.05, 0) is 55.7 Å². The minimum Gasteiger partial charge on any atom is -0.398 e. The molecule has 4 nitrogen and oxygen atoms in total. The molecule has 106 valence electrons. The van der Waals surface area contributed by atoms with Gasteiger partial charge in [-0.15, -0.1) is 0 Å². The van der Waals surface area contributed by atoms with Gasteiger partial charge < -0.3 is 5.73 Å². The molecule has 1 aromatic carbocycles. The van der Waals surface area contributed by atoms with Gasteiger partial charge in [-0.25, -0.2) is 13.1 Å². The second-order valence-electron chi connectivity index (χ2n) is 5.59. The fourth-order valence-corrected chi connectivity index (χ4v) is 3.88. The second-order valence-corrected chi connectivity index (χ2v) is 7.30.